The van der Waals surface area contributed by atoms with E-state index in [0.29, 0.717) is 18.2 Å². The van der Waals surface area contributed by atoms with E-state index in [-0.39, 0.29) is 0 Å². The first kappa shape index (κ1) is 17.2. The van der Waals surface area contributed by atoms with Crippen LogP contribution in [0.5, 0.6) is 0 Å². The van der Waals surface area contributed by atoms with Crippen molar-refractivity contribution in [2.75, 3.05) is 31.2 Å². The quantitative estimate of drug-likeness (QED) is 0.514. The predicted molar refractivity (Wildman–Crippen MR) is 112 cm³/mol. The summed E-state index contributed by atoms with van der Waals surface area (Å²) in [4.78, 5) is 7.27. The summed E-state index contributed by atoms with van der Waals surface area (Å²) >= 11 is 6.08. The molecule has 3 heterocycles. The van der Waals surface area contributed by atoms with Crippen LogP contribution >= 0.6 is 11.6 Å². The zero-order valence-electron chi connectivity index (χ0n) is 15.3. The zero-order valence-corrected chi connectivity index (χ0v) is 16.0. The van der Waals surface area contributed by atoms with Gasteiger partial charge in [-0.25, -0.2) is 4.98 Å². The van der Waals surface area contributed by atoms with E-state index in [0.717, 1.165) is 46.9 Å². The van der Waals surface area contributed by atoms with E-state index in [1.807, 2.05) is 53.2 Å². The number of hydrogen-bond donors (Lipinski definition) is 0. The van der Waals surface area contributed by atoms with Gasteiger partial charge >= 0.3 is 0 Å². The molecule has 28 heavy (non-hydrogen) atoms. The van der Waals surface area contributed by atoms with Crippen molar-refractivity contribution in [3.63, 3.8) is 0 Å². The van der Waals surface area contributed by atoms with Crippen LogP contribution in [0, 0.1) is 0 Å². The molecule has 0 aliphatic carbocycles. The summed E-state index contributed by atoms with van der Waals surface area (Å²) in [5.41, 5.74) is 4.90. The van der Waals surface area contributed by atoms with Gasteiger partial charge in [0.05, 0.1) is 25.1 Å². The van der Waals surface area contributed by atoms with Gasteiger partial charge in [0, 0.05) is 35.3 Å². The van der Waals surface area contributed by atoms with Gasteiger partial charge in [-0.1, -0.05) is 54.1 Å². The molecule has 1 saturated heterocycles. The Kier molecular flexibility index (Phi) is 4.47. The fraction of sp³-hybridized carbons (Fsp3) is 0.182. The molecule has 0 saturated carbocycles. The van der Waals surface area contributed by atoms with Gasteiger partial charge < -0.3 is 9.64 Å². The number of halogens is 1. The number of rotatable bonds is 3. The van der Waals surface area contributed by atoms with Crippen LogP contribution in [0.1, 0.15) is 0 Å². The molecule has 0 unspecified atom stereocenters. The van der Waals surface area contributed by atoms with Gasteiger partial charge in [0.15, 0.2) is 5.65 Å². The van der Waals surface area contributed by atoms with Crippen molar-refractivity contribution < 1.29 is 4.74 Å². The minimum atomic E-state index is 0.715. The number of fused-ring (bicyclic) bond motifs is 1. The van der Waals surface area contributed by atoms with Crippen LogP contribution in [0.4, 0.5) is 5.82 Å². The van der Waals surface area contributed by atoms with Crippen LogP contribution in [0.15, 0.2) is 66.9 Å². The molecule has 1 fully saturated rings. The molecule has 0 bridgehead atoms. The minimum Gasteiger partial charge on any atom is -0.378 e. The number of morpholine rings is 1. The zero-order chi connectivity index (χ0) is 18.9. The lowest BCUT2D eigenvalue weighted by atomic mass is 10.1. The Morgan fingerprint density at radius 3 is 2.39 bits per heavy atom. The van der Waals surface area contributed by atoms with Crippen LogP contribution in [0.3, 0.4) is 0 Å². The Labute approximate surface area is 168 Å². The molecule has 4 aromatic rings. The molecule has 0 atom stereocenters. The van der Waals surface area contributed by atoms with Crippen LogP contribution in [0.2, 0.25) is 5.02 Å². The topological polar surface area (TPSA) is 42.7 Å². The van der Waals surface area contributed by atoms with Crippen LogP contribution in [-0.4, -0.2) is 40.9 Å². The van der Waals surface area contributed by atoms with E-state index in [4.69, 9.17) is 21.3 Å². The highest BCUT2D eigenvalue weighted by Gasteiger charge is 2.19. The van der Waals surface area contributed by atoms with Crippen molar-refractivity contribution in [2.45, 2.75) is 0 Å². The van der Waals surface area contributed by atoms with Gasteiger partial charge in [0.2, 0.25) is 0 Å². The summed E-state index contributed by atoms with van der Waals surface area (Å²) in [6, 6.07) is 20.1. The first-order valence-electron chi connectivity index (χ1n) is 9.32. The highest BCUT2D eigenvalue weighted by Crippen LogP contribution is 2.31. The van der Waals surface area contributed by atoms with E-state index < -0.39 is 0 Å². The summed E-state index contributed by atoms with van der Waals surface area (Å²) in [6.45, 7) is 3.10. The van der Waals surface area contributed by atoms with E-state index in [9.17, 15) is 0 Å². The summed E-state index contributed by atoms with van der Waals surface area (Å²) in [7, 11) is 0. The predicted octanol–water partition coefficient (Wildman–Crippen LogP) is 4.55. The van der Waals surface area contributed by atoms with Crippen molar-refractivity contribution in [3.05, 3.63) is 71.9 Å². The monoisotopic (exact) mass is 390 g/mol. The molecule has 0 radical (unpaired) electrons. The Hall–Kier alpha value is -2.89. The lowest BCUT2D eigenvalue weighted by Gasteiger charge is -2.29. The number of ether oxygens (including phenoxy) is 1. The second kappa shape index (κ2) is 7.26. The van der Waals surface area contributed by atoms with Crippen molar-refractivity contribution >= 4 is 23.1 Å². The average molecular weight is 391 g/mol. The van der Waals surface area contributed by atoms with E-state index >= 15 is 0 Å². The summed E-state index contributed by atoms with van der Waals surface area (Å²) < 4.78 is 7.47. The first-order chi connectivity index (χ1) is 13.8. The molecule has 2 aromatic heterocycles. The molecule has 5 nitrogen and oxygen atoms in total. The van der Waals surface area contributed by atoms with Crippen LogP contribution in [0.25, 0.3) is 28.0 Å². The molecular weight excluding hydrogens is 372 g/mol. The van der Waals surface area contributed by atoms with Crippen molar-refractivity contribution in [1.29, 1.82) is 0 Å². The molecule has 1 aliphatic heterocycles. The lowest BCUT2D eigenvalue weighted by Crippen LogP contribution is -2.37. The third kappa shape index (κ3) is 3.13. The Morgan fingerprint density at radius 1 is 0.893 bits per heavy atom. The molecule has 5 rings (SSSR count). The normalized spacial score (nSPS) is 14.5. The Balaban J connectivity index is 1.72. The maximum absolute atomic E-state index is 6.08. The fourth-order valence-corrected chi connectivity index (χ4v) is 3.68. The number of aromatic nitrogens is 3. The Morgan fingerprint density at radius 2 is 1.64 bits per heavy atom. The number of anilines is 1. The maximum Gasteiger partial charge on any atom is 0.165 e. The highest BCUT2D eigenvalue weighted by atomic mass is 35.5. The fourth-order valence-electron chi connectivity index (χ4n) is 3.55. The van der Waals surface area contributed by atoms with Gasteiger partial charge in [-0.15, -0.1) is 0 Å². The lowest BCUT2D eigenvalue weighted by molar-refractivity contribution is 0.122. The van der Waals surface area contributed by atoms with Gasteiger partial charge in [0.1, 0.15) is 5.82 Å². The number of benzene rings is 2. The summed E-state index contributed by atoms with van der Waals surface area (Å²) in [6.07, 6.45) is 1.90. The second-order valence-electron chi connectivity index (χ2n) is 6.77. The van der Waals surface area contributed by atoms with Crippen LogP contribution in [-0.2, 0) is 4.74 Å². The Bertz CT molecular complexity index is 1100. The molecule has 6 heteroatoms. The number of hydrogen-bond acceptors (Lipinski definition) is 4. The van der Waals surface area contributed by atoms with Crippen molar-refractivity contribution in [2.24, 2.45) is 0 Å². The summed E-state index contributed by atoms with van der Waals surface area (Å²) in [5, 5.41) is 5.38. The smallest absolute Gasteiger partial charge is 0.165 e. The van der Waals surface area contributed by atoms with Gasteiger partial charge in [0.25, 0.3) is 0 Å². The van der Waals surface area contributed by atoms with Gasteiger partial charge in [-0.3, -0.25) is 0 Å². The minimum absolute atomic E-state index is 0.715. The average Bonchev–Trinajstić information content (AvgIpc) is 3.19. The highest BCUT2D eigenvalue weighted by molar-refractivity contribution is 6.30. The summed E-state index contributed by atoms with van der Waals surface area (Å²) in [5.74, 6) is 1.03. The largest absolute Gasteiger partial charge is 0.378 e. The van der Waals surface area contributed by atoms with Gasteiger partial charge in [-0.05, 0) is 17.7 Å². The van der Waals surface area contributed by atoms with Crippen molar-refractivity contribution in [1.82, 2.24) is 14.6 Å². The van der Waals surface area contributed by atoms with Crippen LogP contribution < -0.4 is 4.90 Å². The molecule has 1 aliphatic rings. The second-order valence-corrected chi connectivity index (χ2v) is 7.20. The molecule has 2 aromatic carbocycles. The third-order valence-corrected chi connectivity index (χ3v) is 5.26. The maximum atomic E-state index is 6.08. The van der Waals surface area contributed by atoms with E-state index in [1.165, 1.54) is 0 Å². The SMILES string of the molecule is Clc1ccc(-c2cc(N3CCOCC3)n3ncc(-c4ccccc4)c3n2)cc1. The van der Waals surface area contributed by atoms with E-state index in [2.05, 4.69) is 28.2 Å². The van der Waals surface area contributed by atoms with Crippen molar-refractivity contribution in [3.8, 4) is 22.4 Å². The van der Waals surface area contributed by atoms with E-state index in [1.54, 1.807) is 0 Å². The molecule has 0 N–H and O–H groups in total. The molecule has 140 valence electrons. The third-order valence-electron chi connectivity index (χ3n) is 5.01. The number of nitrogens with zero attached hydrogens (tertiary/aromatic N) is 4. The molecular formula is C22H19ClN4O. The first-order valence-corrected chi connectivity index (χ1v) is 9.70. The molecule has 0 spiro atoms. The molecule has 0 amide bonds. The van der Waals surface area contributed by atoms with Gasteiger partial charge in [-0.2, -0.15) is 9.61 Å². The standard InChI is InChI=1S/C22H19ClN4O/c23-18-8-6-17(7-9-18)20-14-21(26-10-12-28-13-11-26)27-22(25-20)19(15-24-27)16-4-2-1-3-5-16/h1-9,14-15H,10-13H2.